The Morgan fingerprint density at radius 3 is 1.86 bits per heavy atom. The number of hydrogen-bond donors (Lipinski definition) is 2. The molecule has 0 saturated heterocycles. The third-order valence-electron chi connectivity index (χ3n) is 6.05. The summed E-state index contributed by atoms with van der Waals surface area (Å²) in [6, 6.07) is 33.8. The molecule has 0 fully saturated rings. The Balaban J connectivity index is 1.56. The Morgan fingerprint density at radius 1 is 0.703 bits per heavy atom. The van der Waals surface area contributed by atoms with Gasteiger partial charge in [0.25, 0.3) is 0 Å². The molecule has 0 bridgehead atoms. The van der Waals surface area contributed by atoms with Crippen molar-refractivity contribution < 1.29 is 14.0 Å². The molecule has 1 atom stereocenters. The van der Waals surface area contributed by atoms with E-state index < -0.39 is 17.9 Å². The van der Waals surface area contributed by atoms with Crippen LogP contribution in [-0.2, 0) is 24.2 Å². The van der Waals surface area contributed by atoms with E-state index in [4.69, 9.17) is 0 Å². The lowest BCUT2D eigenvalue weighted by Gasteiger charge is -2.28. The number of carbonyl (C=O) groups is 2. The lowest BCUT2D eigenvalue weighted by atomic mass is 10.0. The number of para-hydroxylation sites is 1. The van der Waals surface area contributed by atoms with Crippen LogP contribution >= 0.6 is 0 Å². The fourth-order valence-electron chi connectivity index (χ4n) is 4.13. The van der Waals surface area contributed by atoms with Crippen LogP contribution in [-0.4, -0.2) is 29.4 Å². The lowest BCUT2D eigenvalue weighted by Crippen LogP contribution is -2.51. The van der Waals surface area contributed by atoms with E-state index in [0.717, 1.165) is 16.7 Å². The Bertz CT molecular complexity index is 1280. The summed E-state index contributed by atoms with van der Waals surface area (Å²) in [4.78, 5) is 28.6. The van der Waals surface area contributed by atoms with Gasteiger partial charge in [0.05, 0.1) is 5.69 Å². The van der Waals surface area contributed by atoms with Crippen molar-refractivity contribution in [2.75, 3.05) is 11.9 Å². The monoisotopic (exact) mass is 495 g/mol. The van der Waals surface area contributed by atoms with Crippen molar-refractivity contribution in [2.24, 2.45) is 0 Å². The highest BCUT2D eigenvalue weighted by molar-refractivity contribution is 5.94. The highest BCUT2D eigenvalue weighted by Gasteiger charge is 2.27. The average molecular weight is 496 g/mol. The van der Waals surface area contributed by atoms with E-state index in [9.17, 15) is 14.0 Å². The fourth-order valence-corrected chi connectivity index (χ4v) is 4.13. The Labute approximate surface area is 217 Å². The summed E-state index contributed by atoms with van der Waals surface area (Å²) in [7, 11) is 0. The largest absolute Gasteiger partial charge is 0.336 e. The summed E-state index contributed by atoms with van der Waals surface area (Å²) < 4.78 is 14.1. The highest BCUT2D eigenvalue weighted by Crippen LogP contribution is 2.14. The normalized spacial score (nSPS) is 11.4. The van der Waals surface area contributed by atoms with Gasteiger partial charge in [-0.2, -0.15) is 0 Å². The SMILES string of the molecule is O=C(Nc1ccccc1F)NC(Cc1ccccc1)C(=O)N(CCc1ccccc1)Cc1ccccc1. The molecule has 0 heterocycles. The first-order valence-corrected chi connectivity index (χ1v) is 12.3. The molecule has 0 aliphatic carbocycles. The van der Waals surface area contributed by atoms with E-state index in [0.29, 0.717) is 25.9 Å². The predicted octanol–water partition coefficient (Wildman–Crippen LogP) is 5.83. The van der Waals surface area contributed by atoms with Gasteiger partial charge in [0.15, 0.2) is 0 Å². The van der Waals surface area contributed by atoms with Crippen LogP contribution in [0.3, 0.4) is 0 Å². The number of benzene rings is 4. The smallest absolute Gasteiger partial charge is 0.319 e. The van der Waals surface area contributed by atoms with Crippen LogP contribution in [0.2, 0.25) is 0 Å². The maximum absolute atomic E-state index is 14.1. The first-order chi connectivity index (χ1) is 18.1. The van der Waals surface area contributed by atoms with Crippen molar-refractivity contribution in [3.8, 4) is 0 Å². The molecule has 0 aliphatic heterocycles. The van der Waals surface area contributed by atoms with Crippen molar-refractivity contribution >= 4 is 17.6 Å². The zero-order valence-corrected chi connectivity index (χ0v) is 20.5. The summed E-state index contributed by atoms with van der Waals surface area (Å²) >= 11 is 0. The first-order valence-electron chi connectivity index (χ1n) is 12.3. The van der Waals surface area contributed by atoms with Gasteiger partial charge in [-0.1, -0.05) is 103 Å². The number of carbonyl (C=O) groups excluding carboxylic acids is 2. The molecule has 37 heavy (non-hydrogen) atoms. The minimum atomic E-state index is -0.839. The van der Waals surface area contributed by atoms with Gasteiger partial charge >= 0.3 is 6.03 Å². The molecule has 0 radical (unpaired) electrons. The van der Waals surface area contributed by atoms with Gasteiger partial charge in [0, 0.05) is 19.5 Å². The van der Waals surface area contributed by atoms with E-state index in [1.807, 2.05) is 91.0 Å². The number of urea groups is 1. The summed E-state index contributed by atoms with van der Waals surface area (Å²) in [6.45, 7) is 0.897. The van der Waals surface area contributed by atoms with Gasteiger partial charge in [-0.25, -0.2) is 9.18 Å². The zero-order valence-electron chi connectivity index (χ0n) is 20.5. The molecular weight excluding hydrogens is 465 g/mol. The zero-order chi connectivity index (χ0) is 25.9. The van der Waals surface area contributed by atoms with Crippen LogP contribution in [0.5, 0.6) is 0 Å². The van der Waals surface area contributed by atoms with E-state index in [1.165, 1.54) is 12.1 Å². The molecule has 3 amide bonds. The molecular formula is C31H30FN3O2. The number of anilines is 1. The van der Waals surface area contributed by atoms with Crippen LogP contribution in [0, 0.1) is 5.82 Å². The molecule has 0 saturated carbocycles. The Kier molecular flexibility index (Phi) is 9.02. The van der Waals surface area contributed by atoms with Crippen LogP contribution in [0.1, 0.15) is 16.7 Å². The Hall–Kier alpha value is -4.45. The molecule has 2 N–H and O–H groups in total. The maximum Gasteiger partial charge on any atom is 0.319 e. The second kappa shape index (κ2) is 13.0. The van der Waals surface area contributed by atoms with E-state index >= 15 is 0 Å². The van der Waals surface area contributed by atoms with Crippen molar-refractivity contribution in [1.82, 2.24) is 10.2 Å². The topological polar surface area (TPSA) is 61.4 Å². The Morgan fingerprint density at radius 2 is 1.24 bits per heavy atom. The molecule has 188 valence electrons. The molecule has 0 aliphatic rings. The van der Waals surface area contributed by atoms with Gasteiger partial charge in [-0.15, -0.1) is 0 Å². The molecule has 0 spiro atoms. The van der Waals surface area contributed by atoms with Crippen molar-refractivity contribution in [3.05, 3.63) is 138 Å². The van der Waals surface area contributed by atoms with Gasteiger partial charge in [-0.3, -0.25) is 4.79 Å². The van der Waals surface area contributed by atoms with Crippen molar-refractivity contribution in [1.29, 1.82) is 0 Å². The summed E-state index contributed by atoms with van der Waals surface area (Å²) in [5, 5.41) is 5.33. The van der Waals surface area contributed by atoms with Crippen LogP contribution in [0.15, 0.2) is 115 Å². The van der Waals surface area contributed by atoms with Crippen LogP contribution < -0.4 is 10.6 Å². The minimum Gasteiger partial charge on any atom is -0.336 e. The summed E-state index contributed by atoms with van der Waals surface area (Å²) in [5.41, 5.74) is 3.09. The fraction of sp³-hybridized carbons (Fsp3) is 0.161. The van der Waals surface area contributed by atoms with Crippen molar-refractivity contribution in [2.45, 2.75) is 25.4 Å². The van der Waals surface area contributed by atoms with Gasteiger partial charge in [0.1, 0.15) is 11.9 Å². The second-order valence-corrected chi connectivity index (χ2v) is 8.80. The minimum absolute atomic E-state index is 0.0520. The summed E-state index contributed by atoms with van der Waals surface area (Å²) in [6.07, 6.45) is 0.986. The molecule has 6 heteroatoms. The van der Waals surface area contributed by atoms with Crippen molar-refractivity contribution in [3.63, 3.8) is 0 Å². The van der Waals surface area contributed by atoms with E-state index in [-0.39, 0.29) is 11.6 Å². The number of rotatable bonds is 10. The average Bonchev–Trinajstić information content (AvgIpc) is 2.93. The number of halogens is 1. The maximum atomic E-state index is 14.1. The first kappa shape index (κ1) is 25.6. The quantitative estimate of drug-likeness (QED) is 0.291. The number of nitrogens with zero attached hydrogens (tertiary/aromatic N) is 1. The van der Waals surface area contributed by atoms with E-state index in [2.05, 4.69) is 10.6 Å². The molecule has 5 nitrogen and oxygen atoms in total. The summed E-state index contributed by atoms with van der Waals surface area (Å²) in [5.74, 6) is -0.746. The molecule has 4 aromatic carbocycles. The van der Waals surface area contributed by atoms with Gasteiger partial charge in [0.2, 0.25) is 5.91 Å². The lowest BCUT2D eigenvalue weighted by molar-refractivity contribution is -0.133. The number of hydrogen-bond acceptors (Lipinski definition) is 2. The third kappa shape index (κ3) is 7.77. The van der Waals surface area contributed by atoms with E-state index in [1.54, 1.807) is 17.0 Å². The number of amides is 3. The third-order valence-corrected chi connectivity index (χ3v) is 6.05. The van der Waals surface area contributed by atoms with Gasteiger partial charge < -0.3 is 15.5 Å². The van der Waals surface area contributed by atoms with Gasteiger partial charge in [-0.05, 0) is 35.2 Å². The number of nitrogens with one attached hydrogen (secondary N) is 2. The second-order valence-electron chi connectivity index (χ2n) is 8.80. The predicted molar refractivity (Wildman–Crippen MR) is 144 cm³/mol. The molecule has 4 rings (SSSR count). The molecule has 0 aromatic heterocycles. The standard InChI is InChI=1S/C31H30FN3O2/c32-27-18-10-11-19-28(27)33-31(37)34-29(22-25-14-6-2-7-15-25)30(36)35(23-26-16-8-3-9-17-26)21-20-24-12-4-1-5-13-24/h1-19,29H,20-23H2,(H2,33,34,37). The highest BCUT2D eigenvalue weighted by atomic mass is 19.1. The van der Waals surface area contributed by atoms with Crippen LogP contribution in [0.25, 0.3) is 0 Å². The molecule has 4 aromatic rings. The molecule has 1 unspecified atom stereocenters. The van der Waals surface area contributed by atoms with Crippen LogP contribution in [0.4, 0.5) is 14.9 Å².